The minimum absolute atomic E-state index is 0. The Morgan fingerprint density at radius 2 is 2.00 bits per heavy atom. The molecule has 0 aromatic heterocycles. The maximum absolute atomic E-state index is 9.08. The Hall–Kier alpha value is 0.210. The van der Waals surface area contributed by atoms with Gasteiger partial charge in [-0.25, -0.2) is 0 Å². The predicted molar refractivity (Wildman–Crippen MR) is 46.7 cm³/mol. The van der Waals surface area contributed by atoms with Crippen LogP contribution in [0.5, 0.6) is 0 Å². The zero-order valence-corrected chi connectivity index (χ0v) is 7.49. The third-order valence-corrected chi connectivity index (χ3v) is 3.68. The molecule has 66 valence electrons. The van der Waals surface area contributed by atoms with Crippen molar-refractivity contribution in [2.24, 2.45) is 16.6 Å². The molecule has 2 aliphatic carbocycles. The van der Waals surface area contributed by atoms with Crippen molar-refractivity contribution in [3.63, 3.8) is 0 Å². The van der Waals surface area contributed by atoms with Crippen molar-refractivity contribution in [2.45, 2.75) is 25.7 Å². The first-order valence-electron chi connectivity index (χ1n) is 4.10. The van der Waals surface area contributed by atoms with E-state index >= 15 is 0 Å². The van der Waals surface area contributed by atoms with E-state index in [9.17, 15) is 0 Å². The first-order valence-corrected chi connectivity index (χ1v) is 4.10. The molecule has 0 bridgehead atoms. The van der Waals surface area contributed by atoms with Crippen molar-refractivity contribution in [3.8, 4) is 0 Å². The molecule has 0 saturated heterocycles. The van der Waals surface area contributed by atoms with Gasteiger partial charge in [0.1, 0.15) is 0 Å². The van der Waals surface area contributed by atoms with Gasteiger partial charge in [-0.2, -0.15) is 0 Å². The Morgan fingerprint density at radius 1 is 1.36 bits per heavy atom. The molecule has 11 heavy (non-hydrogen) atoms. The number of hydrogen-bond acceptors (Lipinski definition) is 2. The lowest BCUT2D eigenvalue weighted by atomic mass is 9.75. The second kappa shape index (κ2) is 2.61. The highest BCUT2D eigenvalue weighted by molar-refractivity contribution is 5.85. The molecule has 0 aromatic rings. The van der Waals surface area contributed by atoms with Crippen LogP contribution in [-0.2, 0) is 0 Å². The second-order valence-electron chi connectivity index (χ2n) is 3.95. The van der Waals surface area contributed by atoms with Crippen LogP contribution >= 0.6 is 12.4 Å². The molecule has 2 fully saturated rings. The number of aliphatic hydroxyl groups is 1. The number of aliphatic hydroxyl groups excluding tert-OH is 1. The van der Waals surface area contributed by atoms with Gasteiger partial charge in [-0.05, 0) is 24.7 Å². The van der Waals surface area contributed by atoms with Crippen LogP contribution in [0.25, 0.3) is 0 Å². The zero-order valence-electron chi connectivity index (χ0n) is 6.68. The fourth-order valence-corrected chi connectivity index (χ4v) is 2.49. The van der Waals surface area contributed by atoms with E-state index in [1.54, 1.807) is 0 Å². The second-order valence-corrected chi connectivity index (χ2v) is 3.95. The Morgan fingerprint density at radius 3 is 2.09 bits per heavy atom. The summed E-state index contributed by atoms with van der Waals surface area (Å²) >= 11 is 0. The van der Waals surface area contributed by atoms with E-state index in [-0.39, 0.29) is 17.8 Å². The molecule has 1 spiro atoms. The summed E-state index contributed by atoms with van der Waals surface area (Å²) in [7, 11) is 0. The molecular weight excluding hydrogens is 162 g/mol. The molecule has 0 radical (unpaired) electrons. The van der Waals surface area contributed by atoms with Crippen molar-refractivity contribution < 1.29 is 5.11 Å². The monoisotopic (exact) mass is 177 g/mol. The van der Waals surface area contributed by atoms with Gasteiger partial charge in [0.05, 0.1) is 6.61 Å². The summed E-state index contributed by atoms with van der Waals surface area (Å²) in [5.41, 5.74) is 6.27. The normalized spacial score (nSPS) is 37.6. The molecule has 3 heteroatoms. The Bertz CT molecular complexity index is 152. The smallest absolute Gasteiger partial charge is 0.0505 e. The van der Waals surface area contributed by atoms with E-state index in [4.69, 9.17) is 10.8 Å². The Labute approximate surface area is 73.6 Å². The molecule has 2 nitrogen and oxygen atoms in total. The van der Waals surface area contributed by atoms with E-state index in [0.717, 1.165) is 0 Å². The summed E-state index contributed by atoms with van der Waals surface area (Å²) in [5.74, 6) is 0. The van der Waals surface area contributed by atoms with Crippen molar-refractivity contribution in [1.82, 2.24) is 0 Å². The lowest BCUT2D eigenvalue weighted by molar-refractivity contribution is 0.129. The molecule has 0 amide bonds. The summed E-state index contributed by atoms with van der Waals surface area (Å²) in [6.45, 7) is 0.993. The summed E-state index contributed by atoms with van der Waals surface area (Å²) in [4.78, 5) is 0. The van der Waals surface area contributed by atoms with Crippen molar-refractivity contribution in [2.75, 3.05) is 13.2 Å². The highest BCUT2D eigenvalue weighted by atomic mass is 35.5. The first-order chi connectivity index (χ1) is 4.79. The highest BCUT2D eigenvalue weighted by Gasteiger charge is 2.68. The average molecular weight is 178 g/mol. The van der Waals surface area contributed by atoms with Crippen LogP contribution < -0.4 is 5.73 Å². The molecule has 0 aromatic carbocycles. The van der Waals surface area contributed by atoms with E-state index < -0.39 is 0 Å². The zero-order chi connectivity index (χ0) is 7.24. The Balaban J connectivity index is 0.000000605. The predicted octanol–water partition coefficient (Wildman–Crippen LogP) is 0.920. The number of nitrogens with two attached hydrogens (primary N) is 1. The molecule has 2 aliphatic rings. The van der Waals surface area contributed by atoms with Crippen molar-refractivity contribution in [3.05, 3.63) is 0 Å². The molecule has 3 N–H and O–H groups in total. The van der Waals surface area contributed by atoms with Gasteiger partial charge in [-0.3, -0.25) is 0 Å². The number of rotatable bonds is 2. The molecule has 2 saturated carbocycles. The van der Waals surface area contributed by atoms with Crippen LogP contribution in [-0.4, -0.2) is 18.3 Å². The third kappa shape index (κ3) is 0.930. The quantitative estimate of drug-likeness (QED) is 0.659. The van der Waals surface area contributed by atoms with E-state index in [2.05, 4.69) is 0 Å². The molecule has 1 unspecified atom stereocenters. The van der Waals surface area contributed by atoms with Gasteiger partial charge in [0.15, 0.2) is 0 Å². The topological polar surface area (TPSA) is 46.2 Å². The minimum Gasteiger partial charge on any atom is -0.396 e. The minimum atomic E-state index is 0. The molecule has 0 heterocycles. The lowest BCUT2D eigenvalue weighted by Gasteiger charge is -2.31. The van der Waals surface area contributed by atoms with Crippen LogP contribution in [0, 0.1) is 10.8 Å². The highest BCUT2D eigenvalue weighted by Crippen LogP contribution is 2.73. The molecular formula is C8H16ClNO. The summed E-state index contributed by atoms with van der Waals surface area (Å²) in [6.07, 6.45) is 5.16. The van der Waals surface area contributed by atoms with Gasteiger partial charge < -0.3 is 10.8 Å². The van der Waals surface area contributed by atoms with Crippen molar-refractivity contribution in [1.29, 1.82) is 0 Å². The Kier molecular flexibility index (Phi) is 2.21. The van der Waals surface area contributed by atoms with Gasteiger partial charge in [0.2, 0.25) is 0 Å². The fraction of sp³-hybridized carbons (Fsp3) is 1.00. The number of hydrogen-bond donors (Lipinski definition) is 2. The summed E-state index contributed by atoms with van der Waals surface area (Å²) in [6, 6.07) is 0. The fourth-order valence-electron chi connectivity index (χ4n) is 2.49. The maximum Gasteiger partial charge on any atom is 0.0505 e. The lowest BCUT2D eigenvalue weighted by Crippen LogP contribution is -2.30. The van der Waals surface area contributed by atoms with E-state index in [1.165, 1.54) is 25.7 Å². The van der Waals surface area contributed by atoms with Gasteiger partial charge in [0, 0.05) is 12.0 Å². The van der Waals surface area contributed by atoms with Crippen LogP contribution in [0.15, 0.2) is 0 Å². The van der Waals surface area contributed by atoms with Crippen molar-refractivity contribution >= 4 is 12.4 Å². The molecule has 2 rings (SSSR count). The van der Waals surface area contributed by atoms with Crippen LogP contribution in [0.2, 0.25) is 0 Å². The first kappa shape index (κ1) is 9.30. The van der Waals surface area contributed by atoms with Gasteiger partial charge in [-0.15, -0.1) is 12.4 Å². The molecule has 0 aliphatic heterocycles. The van der Waals surface area contributed by atoms with Crippen LogP contribution in [0.1, 0.15) is 25.7 Å². The van der Waals surface area contributed by atoms with E-state index in [0.29, 0.717) is 18.6 Å². The summed E-state index contributed by atoms with van der Waals surface area (Å²) < 4.78 is 0. The SMILES string of the molecule is Cl.NCC1(CO)CC12CCC2. The largest absolute Gasteiger partial charge is 0.396 e. The average Bonchev–Trinajstić information content (AvgIpc) is 2.57. The third-order valence-electron chi connectivity index (χ3n) is 3.68. The van der Waals surface area contributed by atoms with E-state index in [1.807, 2.05) is 0 Å². The maximum atomic E-state index is 9.08. The van der Waals surface area contributed by atoms with Crippen LogP contribution in [0.4, 0.5) is 0 Å². The van der Waals surface area contributed by atoms with Gasteiger partial charge in [0.25, 0.3) is 0 Å². The van der Waals surface area contributed by atoms with Crippen LogP contribution in [0.3, 0.4) is 0 Å². The molecule has 1 atom stereocenters. The van der Waals surface area contributed by atoms with Gasteiger partial charge >= 0.3 is 0 Å². The summed E-state index contributed by atoms with van der Waals surface area (Å²) in [5, 5.41) is 9.08. The standard InChI is InChI=1S/C8H15NO.ClH/c9-5-8(6-10)4-7(8)2-1-3-7;/h10H,1-6,9H2;1H. The van der Waals surface area contributed by atoms with Gasteiger partial charge in [-0.1, -0.05) is 6.42 Å². The number of halogens is 1.